The number of pyridine rings is 1. The van der Waals surface area contributed by atoms with Crippen LogP contribution in [0.5, 0.6) is 0 Å². The number of carbonyl (C=O) groups is 1. The summed E-state index contributed by atoms with van der Waals surface area (Å²) < 4.78 is 30.7. The first kappa shape index (κ1) is 18.8. The lowest BCUT2D eigenvalue weighted by atomic mass is 9.96. The second-order valence-corrected chi connectivity index (χ2v) is 6.41. The Balaban J connectivity index is 2.11. The van der Waals surface area contributed by atoms with Crippen LogP contribution in [0.4, 0.5) is 13.6 Å². The number of nitrogens with one attached hydrogen (secondary N) is 1. The summed E-state index contributed by atoms with van der Waals surface area (Å²) >= 11 is 5.99. The number of hydrogen-bond acceptors (Lipinski definition) is 3. The highest BCUT2D eigenvalue weighted by Crippen LogP contribution is 2.37. The molecule has 1 atom stereocenters. The molecule has 140 valence electrons. The predicted octanol–water partition coefficient (Wildman–Crippen LogP) is 4.41. The maximum atomic E-state index is 14.6. The van der Waals surface area contributed by atoms with Crippen LogP contribution in [0, 0.1) is 11.6 Å². The molecule has 3 aromatic rings. The maximum absolute atomic E-state index is 14.6. The highest BCUT2D eigenvalue weighted by Gasteiger charge is 2.19. The molecule has 2 heterocycles. The van der Waals surface area contributed by atoms with Gasteiger partial charge >= 0.3 is 6.09 Å². The van der Waals surface area contributed by atoms with Crippen molar-refractivity contribution in [1.82, 2.24) is 20.1 Å². The molecule has 0 spiro atoms. The van der Waals surface area contributed by atoms with Crippen LogP contribution < -0.4 is 5.32 Å². The molecule has 1 unspecified atom stereocenters. The van der Waals surface area contributed by atoms with Gasteiger partial charge in [-0.1, -0.05) is 11.6 Å². The topological polar surface area (TPSA) is 80.0 Å². The molecule has 2 aromatic heterocycles. The van der Waals surface area contributed by atoms with E-state index in [1.165, 1.54) is 42.2 Å². The molecule has 0 saturated carbocycles. The van der Waals surface area contributed by atoms with E-state index < -0.39 is 23.8 Å². The summed E-state index contributed by atoms with van der Waals surface area (Å²) in [5, 5.41) is 15.1. The lowest BCUT2D eigenvalue weighted by Crippen LogP contribution is -2.26. The molecule has 6 nitrogen and oxygen atoms in total. The standard InChI is InChI=1S/C18H15ClF2N4O2/c1-9(24-18(26)27)17-15(21)3-10(6-22-17)13-4-12(19)5-14(20)16(13)11-7-23-25(2)8-11/h3-9,24H,1-2H3,(H,26,27). The summed E-state index contributed by atoms with van der Waals surface area (Å²) in [6.45, 7) is 1.47. The molecule has 0 aliphatic rings. The van der Waals surface area contributed by atoms with Gasteiger partial charge in [0.15, 0.2) is 0 Å². The van der Waals surface area contributed by atoms with E-state index in [1.54, 1.807) is 13.2 Å². The molecule has 27 heavy (non-hydrogen) atoms. The van der Waals surface area contributed by atoms with Gasteiger partial charge in [-0.2, -0.15) is 5.10 Å². The normalized spacial score (nSPS) is 12.0. The molecule has 0 saturated heterocycles. The zero-order valence-electron chi connectivity index (χ0n) is 14.4. The van der Waals surface area contributed by atoms with E-state index in [0.717, 1.165) is 0 Å². The Morgan fingerprint density at radius 2 is 1.96 bits per heavy atom. The summed E-state index contributed by atoms with van der Waals surface area (Å²) in [5.41, 5.74) is 1.32. The van der Waals surface area contributed by atoms with Crippen LogP contribution in [-0.2, 0) is 7.05 Å². The van der Waals surface area contributed by atoms with Gasteiger partial charge in [-0.15, -0.1) is 0 Å². The molecular weight excluding hydrogens is 378 g/mol. The van der Waals surface area contributed by atoms with Crippen molar-refractivity contribution in [3.8, 4) is 22.3 Å². The minimum atomic E-state index is -1.29. The van der Waals surface area contributed by atoms with Crippen molar-refractivity contribution < 1.29 is 18.7 Å². The molecule has 1 amide bonds. The van der Waals surface area contributed by atoms with Gasteiger partial charge in [-0.25, -0.2) is 13.6 Å². The van der Waals surface area contributed by atoms with E-state index >= 15 is 0 Å². The number of hydrogen-bond donors (Lipinski definition) is 2. The third-order valence-corrected chi connectivity index (χ3v) is 4.20. The van der Waals surface area contributed by atoms with E-state index in [1.807, 2.05) is 0 Å². The SMILES string of the molecule is CC(NC(=O)O)c1ncc(-c2cc(Cl)cc(F)c2-c2cnn(C)c2)cc1F. The van der Waals surface area contributed by atoms with Crippen molar-refractivity contribution in [1.29, 1.82) is 0 Å². The highest BCUT2D eigenvalue weighted by atomic mass is 35.5. The lowest BCUT2D eigenvalue weighted by Gasteiger charge is -2.14. The van der Waals surface area contributed by atoms with Crippen molar-refractivity contribution >= 4 is 17.7 Å². The second kappa shape index (κ2) is 7.32. The molecule has 9 heteroatoms. The van der Waals surface area contributed by atoms with Crippen molar-refractivity contribution in [2.24, 2.45) is 7.05 Å². The van der Waals surface area contributed by atoms with Gasteiger partial charge < -0.3 is 10.4 Å². The van der Waals surface area contributed by atoms with Crippen molar-refractivity contribution in [2.45, 2.75) is 13.0 Å². The molecule has 0 aliphatic carbocycles. The maximum Gasteiger partial charge on any atom is 0.405 e. The van der Waals surface area contributed by atoms with E-state index in [4.69, 9.17) is 16.7 Å². The fraction of sp³-hybridized carbons (Fsp3) is 0.167. The number of aromatic nitrogens is 3. The average molecular weight is 393 g/mol. The first-order valence-corrected chi connectivity index (χ1v) is 8.27. The quantitative estimate of drug-likeness (QED) is 0.689. The molecule has 3 rings (SSSR count). The Morgan fingerprint density at radius 1 is 1.22 bits per heavy atom. The monoisotopic (exact) mass is 392 g/mol. The number of rotatable bonds is 4. The van der Waals surface area contributed by atoms with Crippen LogP contribution in [0.15, 0.2) is 36.8 Å². The summed E-state index contributed by atoms with van der Waals surface area (Å²) in [6, 6.07) is 3.02. The second-order valence-electron chi connectivity index (χ2n) is 5.98. The zero-order chi connectivity index (χ0) is 19.7. The highest BCUT2D eigenvalue weighted by molar-refractivity contribution is 6.31. The molecule has 0 fully saturated rings. The number of halogens is 3. The predicted molar refractivity (Wildman–Crippen MR) is 96.4 cm³/mol. The number of carboxylic acid groups (broad SMARTS) is 1. The zero-order valence-corrected chi connectivity index (χ0v) is 15.1. The van der Waals surface area contributed by atoms with Crippen LogP contribution in [0.1, 0.15) is 18.7 Å². The number of amides is 1. The van der Waals surface area contributed by atoms with E-state index in [2.05, 4.69) is 15.4 Å². The minimum absolute atomic E-state index is 0.0634. The minimum Gasteiger partial charge on any atom is -0.465 e. The largest absolute Gasteiger partial charge is 0.465 e. The van der Waals surface area contributed by atoms with Crippen LogP contribution in [0.2, 0.25) is 5.02 Å². The summed E-state index contributed by atoms with van der Waals surface area (Å²) in [6.07, 6.45) is 3.19. The number of aryl methyl sites for hydroxylation is 1. The van der Waals surface area contributed by atoms with Gasteiger partial charge in [0.25, 0.3) is 0 Å². The first-order chi connectivity index (χ1) is 12.8. The van der Waals surface area contributed by atoms with Gasteiger partial charge in [-0.3, -0.25) is 9.67 Å². The van der Waals surface area contributed by atoms with Gasteiger partial charge in [-0.05, 0) is 30.7 Å². The smallest absolute Gasteiger partial charge is 0.405 e. The fourth-order valence-electron chi connectivity index (χ4n) is 2.81. The fourth-order valence-corrected chi connectivity index (χ4v) is 3.02. The Bertz CT molecular complexity index is 1020. The third kappa shape index (κ3) is 3.90. The molecule has 0 bridgehead atoms. The Morgan fingerprint density at radius 3 is 2.56 bits per heavy atom. The van der Waals surface area contributed by atoms with Crippen LogP contribution in [0.3, 0.4) is 0 Å². The van der Waals surface area contributed by atoms with Crippen LogP contribution in [0.25, 0.3) is 22.3 Å². The number of benzene rings is 1. The van der Waals surface area contributed by atoms with E-state index in [-0.39, 0.29) is 16.3 Å². The Labute approximate surface area is 158 Å². The van der Waals surface area contributed by atoms with E-state index in [9.17, 15) is 13.6 Å². The number of nitrogens with zero attached hydrogens (tertiary/aromatic N) is 3. The summed E-state index contributed by atoms with van der Waals surface area (Å²) in [7, 11) is 1.70. The van der Waals surface area contributed by atoms with Gasteiger partial charge in [0, 0.05) is 41.2 Å². The third-order valence-electron chi connectivity index (χ3n) is 3.98. The average Bonchev–Trinajstić information content (AvgIpc) is 2.99. The molecule has 0 radical (unpaired) electrons. The molecule has 2 N–H and O–H groups in total. The molecule has 1 aromatic carbocycles. The van der Waals surface area contributed by atoms with Gasteiger partial charge in [0.1, 0.15) is 11.6 Å². The van der Waals surface area contributed by atoms with Crippen molar-refractivity contribution in [2.75, 3.05) is 0 Å². The van der Waals surface area contributed by atoms with Crippen molar-refractivity contribution in [3.05, 3.63) is 59.1 Å². The van der Waals surface area contributed by atoms with Gasteiger partial charge in [0.2, 0.25) is 0 Å². The Hall–Kier alpha value is -3.00. The van der Waals surface area contributed by atoms with Gasteiger partial charge in [0.05, 0.1) is 17.9 Å². The first-order valence-electron chi connectivity index (χ1n) is 7.89. The Kier molecular flexibility index (Phi) is 5.09. The summed E-state index contributed by atoms with van der Waals surface area (Å²) in [4.78, 5) is 14.8. The van der Waals surface area contributed by atoms with Crippen LogP contribution in [-0.4, -0.2) is 26.0 Å². The lowest BCUT2D eigenvalue weighted by molar-refractivity contribution is 0.190. The van der Waals surface area contributed by atoms with Crippen molar-refractivity contribution in [3.63, 3.8) is 0 Å². The summed E-state index contributed by atoms with van der Waals surface area (Å²) in [5.74, 6) is -1.29. The van der Waals surface area contributed by atoms with Crippen LogP contribution >= 0.6 is 11.6 Å². The molecule has 0 aliphatic heterocycles. The molecular formula is C18H15ClF2N4O2. The van der Waals surface area contributed by atoms with E-state index in [0.29, 0.717) is 16.7 Å².